The smallest absolute Gasteiger partial charge is 0.248 e. The van der Waals surface area contributed by atoms with E-state index in [-0.39, 0.29) is 5.78 Å². The van der Waals surface area contributed by atoms with Gasteiger partial charge < -0.3 is 15.2 Å². The van der Waals surface area contributed by atoms with Gasteiger partial charge in [-0.05, 0) is 42.0 Å². The van der Waals surface area contributed by atoms with Crippen molar-refractivity contribution in [2.24, 2.45) is 5.73 Å². The monoisotopic (exact) mass is 424 g/mol. The van der Waals surface area contributed by atoms with E-state index in [1.807, 2.05) is 42.5 Å². The fraction of sp³-hybridized carbons (Fsp3) is 0.115. The fourth-order valence-corrected chi connectivity index (χ4v) is 3.93. The van der Waals surface area contributed by atoms with Gasteiger partial charge in [0, 0.05) is 35.2 Å². The molecule has 3 aromatic carbocycles. The summed E-state index contributed by atoms with van der Waals surface area (Å²) in [6.07, 6.45) is 1.65. The van der Waals surface area contributed by atoms with Crippen LogP contribution in [0.3, 0.4) is 0 Å². The van der Waals surface area contributed by atoms with Gasteiger partial charge in [0.15, 0.2) is 5.78 Å². The largest absolute Gasteiger partial charge is 0.492 e. The van der Waals surface area contributed by atoms with Gasteiger partial charge >= 0.3 is 0 Å². The molecule has 1 aromatic heterocycles. The lowest BCUT2D eigenvalue weighted by molar-refractivity contribution is 0.0932. The summed E-state index contributed by atoms with van der Waals surface area (Å²) in [6.45, 7) is 0.363. The highest BCUT2D eigenvalue weighted by molar-refractivity contribution is 5.99. The molecule has 158 valence electrons. The first-order valence-electron chi connectivity index (χ1n) is 10.3. The molecule has 0 radical (unpaired) electrons. The molecule has 6 heteroatoms. The van der Waals surface area contributed by atoms with Gasteiger partial charge in [-0.25, -0.2) is 0 Å². The van der Waals surface area contributed by atoms with Crippen LogP contribution >= 0.6 is 0 Å². The number of rotatable bonds is 5. The first kappa shape index (κ1) is 19.8. The number of carbonyl (C=O) groups excluding carboxylic acids is 2. The minimum atomic E-state index is -0.486. The molecule has 6 nitrogen and oxygen atoms in total. The lowest BCUT2D eigenvalue weighted by Crippen LogP contribution is -2.16. The molecule has 0 saturated carbocycles. The SMILES string of the molecule is NC(=O)c1ccc(C(Oc2ccc3c(c2)OCCC3=O)c2ccnc3ccccc23)cc1. The van der Waals surface area contributed by atoms with Crippen molar-refractivity contribution in [2.75, 3.05) is 6.61 Å². The predicted molar refractivity (Wildman–Crippen MR) is 120 cm³/mol. The van der Waals surface area contributed by atoms with Crippen LogP contribution in [0.5, 0.6) is 11.5 Å². The van der Waals surface area contributed by atoms with Gasteiger partial charge in [0.1, 0.15) is 17.6 Å². The van der Waals surface area contributed by atoms with Crippen LogP contribution in [0, 0.1) is 0 Å². The second-order valence-corrected chi connectivity index (χ2v) is 7.58. The molecule has 1 amide bonds. The third kappa shape index (κ3) is 3.67. The number of nitrogens with zero attached hydrogens (tertiary/aromatic N) is 1. The van der Waals surface area contributed by atoms with E-state index in [9.17, 15) is 9.59 Å². The number of primary amides is 1. The van der Waals surface area contributed by atoms with Crippen LogP contribution in [0.15, 0.2) is 79.0 Å². The Morgan fingerprint density at radius 2 is 1.84 bits per heavy atom. The zero-order chi connectivity index (χ0) is 22.1. The maximum absolute atomic E-state index is 12.1. The number of fused-ring (bicyclic) bond motifs is 2. The van der Waals surface area contributed by atoms with Crippen molar-refractivity contribution in [1.29, 1.82) is 0 Å². The zero-order valence-corrected chi connectivity index (χ0v) is 17.2. The topological polar surface area (TPSA) is 91.5 Å². The Hall–Kier alpha value is -4.19. The van der Waals surface area contributed by atoms with Crippen molar-refractivity contribution in [3.63, 3.8) is 0 Å². The van der Waals surface area contributed by atoms with Crippen molar-refractivity contribution in [1.82, 2.24) is 4.98 Å². The predicted octanol–water partition coefficient (Wildman–Crippen LogP) is 4.47. The fourth-order valence-electron chi connectivity index (χ4n) is 3.93. The van der Waals surface area contributed by atoms with E-state index in [0.29, 0.717) is 35.7 Å². The van der Waals surface area contributed by atoms with Crippen LogP contribution in [0.1, 0.15) is 44.4 Å². The summed E-state index contributed by atoms with van der Waals surface area (Å²) in [5.41, 5.74) is 9.03. The number of benzene rings is 3. The molecule has 2 N–H and O–H groups in total. The van der Waals surface area contributed by atoms with E-state index < -0.39 is 12.0 Å². The molecule has 0 spiro atoms. The van der Waals surface area contributed by atoms with E-state index in [1.54, 1.807) is 36.5 Å². The summed E-state index contributed by atoms with van der Waals surface area (Å²) < 4.78 is 12.1. The summed E-state index contributed by atoms with van der Waals surface area (Å²) >= 11 is 0. The molecule has 1 aliphatic heterocycles. The van der Waals surface area contributed by atoms with Crippen molar-refractivity contribution in [3.8, 4) is 11.5 Å². The number of ketones is 1. The molecule has 0 fully saturated rings. The number of ether oxygens (including phenoxy) is 2. The first-order chi connectivity index (χ1) is 15.6. The average molecular weight is 424 g/mol. The molecule has 1 unspecified atom stereocenters. The highest BCUT2D eigenvalue weighted by Gasteiger charge is 2.23. The van der Waals surface area contributed by atoms with Crippen LogP contribution in [0.4, 0.5) is 0 Å². The number of nitrogens with two attached hydrogens (primary N) is 1. The van der Waals surface area contributed by atoms with Crippen molar-refractivity contribution in [3.05, 3.63) is 101 Å². The van der Waals surface area contributed by atoms with Gasteiger partial charge in [-0.15, -0.1) is 0 Å². The van der Waals surface area contributed by atoms with Crippen molar-refractivity contribution in [2.45, 2.75) is 12.5 Å². The highest BCUT2D eigenvalue weighted by atomic mass is 16.5. The Balaban J connectivity index is 1.60. The van der Waals surface area contributed by atoms with Crippen molar-refractivity contribution >= 4 is 22.6 Å². The minimum absolute atomic E-state index is 0.0662. The Labute approximate surface area is 184 Å². The van der Waals surface area contributed by atoms with E-state index in [0.717, 1.165) is 22.0 Å². The molecule has 1 atom stereocenters. The number of pyridine rings is 1. The van der Waals surface area contributed by atoms with E-state index >= 15 is 0 Å². The second kappa shape index (κ2) is 8.15. The van der Waals surface area contributed by atoms with Gasteiger partial charge in [0.25, 0.3) is 0 Å². The van der Waals surface area contributed by atoms with Crippen LogP contribution in [-0.2, 0) is 0 Å². The molecular formula is C26H20N2O4. The quantitative estimate of drug-likeness (QED) is 0.510. The first-order valence-corrected chi connectivity index (χ1v) is 10.3. The molecule has 1 aliphatic rings. The lowest BCUT2D eigenvalue weighted by atomic mass is 9.97. The molecular weight excluding hydrogens is 404 g/mol. The average Bonchev–Trinajstić information content (AvgIpc) is 2.82. The summed E-state index contributed by atoms with van der Waals surface area (Å²) in [5.74, 6) is 0.681. The molecule has 2 heterocycles. The molecule has 4 aromatic rings. The Bertz CT molecular complexity index is 1330. The molecule has 5 rings (SSSR count). The number of hydrogen-bond acceptors (Lipinski definition) is 5. The van der Waals surface area contributed by atoms with Gasteiger partial charge in [0.2, 0.25) is 5.91 Å². The van der Waals surface area contributed by atoms with Gasteiger partial charge in [-0.3, -0.25) is 14.6 Å². The third-order valence-corrected chi connectivity index (χ3v) is 5.56. The number of carbonyl (C=O) groups is 2. The van der Waals surface area contributed by atoms with E-state index in [2.05, 4.69) is 4.98 Å². The Kier molecular flexibility index (Phi) is 5.03. The summed E-state index contributed by atoms with van der Waals surface area (Å²) in [6, 6.07) is 22.1. The normalized spacial score (nSPS) is 13.8. The lowest BCUT2D eigenvalue weighted by Gasteiger charge is -2.23. The second-order valence-electron chi connectivity index (χ2n) is 7.58. The molecule has 0 saturated heterocycles. The molecule has 32 heavy (non-hydrogen) atoms. The number of hydrogen-bond donors (Lipinski definition) is 1. The zero-order valence-electron chi connectivity index (χ0n) is 17.2. The summed E-state index contributed by atoms with van der Waals surface area (Å²) in [5, 5.41) is 0.961. The van der Waals surface area contributed by atoms with E-state index in [1.165, 1.54) is 0 Å². The number of para-hydroxylation sites is 1. The van der Waals surface area contributed by atoms with E-state index in [4.69, 9.17) is 15.2 Å². The van der Waals surface area contributed by atoms with Gasteiger partial charge in [-0.2, -0.15) is 0 Å². The molecule has 0 aliphatic carbocycles. The van der Waals surface area contributed by atoms with Crippen molar-refractivity contribution < 1.29 is 19.1 Å². The standard InChI is InChI=1S/C26H20N2O4/c27-26(30)17-7-5-16(6-8-17)25(20-11-13-28-22-4-2-1-3-19(20)22)32-18-9-10-21-23(29)12-14-31-24(21)15-18/h1-11,13,15,25H,12,14H2,(H2,27,30). The maximum atomic E-state index is 12.1. The maximum Gasteiger partial charge on any atom is 0.248 e. The number of amides is 1. The van der Waals surface area contributed by atoms with Gasteiger partial charge in [-0.1, -0.05) is 30.3 Å². The van der Waals surface area contributed by atoms with Gasteiger partial charge in [0.05, 0.1) is 17.7 Å². The third-order valence-electron chi connectivity index (χ3n) is 5.56. The Morgan fingerprint density at radius 3 is 2.66 bits per heavy atom. The van der Waals surface area contributed by atoms with Crippen LogP contribution in [-0.4, -0.2) is 23.3 Å². The summed E-state index contributed by atoms with van der Waals surface area (Å²) in [4.78, 5) is 28.1. The number of aromatic nitrogens is 1. The highest BCUT2D eigenvalue weighted by Crippen LogP contribution is 2.35. The Morgan fingerprint density at radius 1 is 1.03 bits per heavy atom. The number of Topliss-reactive ketones (excluding diaryl/α,β-unsaturated/α-hetero) is 1. The van der Waals surface area contributed by atoms with Crippen LogP contribution in [0.25, 0.3) is 10.9 Å². The minimum Gasteiger partial charge on any atom is -0.492 e. The van der Waals surface area contributed by atoms with Crippen LogP contribution in [0.2, 0.25) is 0 Å². The molecule has 0 bridgehead atoms. The summed E-state index contributed by atoms with van der Waals surface area (Å²) in [7, 11) is 0. The van der Waals surface area contributed by atoms with Crippen LogP contribution < -0.4 is 15.2 Å².